The van der Waals surface area contributed by atoms with Crippen LogP contribution < -0.4 is 9.46 Å². The zero-order valence-corrected chi connectivity index (χ0v) is 18.9. The van der Waals surface area contributed by atoms with Gasteiger partial charge in [0.1, 0.15) is 17.3 Å². The second kappa shape index (κ2) is 10.8. The van der Waals surface area contributed by atoms with E-state index in [2.05, 4.69) is 9.62 Å². The highest BCUT2D eigenvalue weighted by Crippen LogP contribution is 2.26. The molecular formula is C21H26Cl2N2O4S. The minimum atomic E-state index is -3.69. The Kier molecular flexibility index (Phi) is 8.39. The van der Waals surface area contributed by atoms with Crippen LogP contribution in [0.4, 0.5) is 0 Å². The maximum atomic E-state index is 12.6. The van der Waals surface area contributed by atoms with Gasteiger partial charge in [-0.1, -0.05) is 35.3 Å². The van der Waals surface area contributed by atoms with Gasteiger partial charge < -0.3 is 9.84 Å². The quantitative estimate of drug-likeness (QED) is 0.583. The molecule has 3 rings (SSSR count). The molecule has 0 aliphatic carbocycles. The van der Waals surface area contributed by atoms with E-state index in [0.717, 1.165) is 38.2 Å². The highest BCUT2D eigenvalue weighted by Gasteiger charge is 2.23. The van der Waals surface area contributed by atoms with Crippen LogP contribution in [0.25, 0.3) is 0 Å². The molecular weight excluding hydrogens is 447 g/mol. The van der Waals surface area contributed by atoms with Crippen molar-refractivity contribution in [3.05, 3.63) is 58.1 Å². The van der Waals surface area contributed by atoms with Crippen molar-refractivity contribution < 1.29 is 18.3 Å². The Morgan fingerprint density at radius 3 is 2.47 bits per heavy atom. The van der Waals surface area contributed by atoms with Gasteiger partial charge in [0.15, 0.2) is 0 Å². The van der Waals surface area contributed by atoms with Crippen LogP contribution in [-0.4, -0.2) is 51.3 Å². The zero-order chi connectivity index (χ0) is 21.6. The lowest BCUT2D eigenvalue weighted by Crippen LogP contribution is -2.38. The molecule has 30 heavy (non-hydrogen) atoms. The van der Waals surface area contributed by atoms with E-state index in [1.165, 1.54) is 17.7 Å². The maximum absolute atomic E-state index is 12.6. The Labute approximate surface area is 187 Å². The molecule has 0 spiro atoms. The largest absolute Gasteiger partial charge is 0.491 e. The summed E-state index contributed by atoms with van der Waals surface area (Å²) in [6.45, 7) is 3.34. The number of piperidine rings is 1. The molecule has 1 saturated heterocycles. The van der Waals surface area contributed by atoms with E-state index in [1.54, 1.807) is 6.07 Å². The zero-order valence-electron chi connectivity index (χ0n) is 16.6. The predicted molar refractivity (Wildman–Crippen MR) is 119 cm³/mol. The molecule has 1 fully saturated rings. The number of ether oxygens (including phenoxy) is 1. The van der Waals surface area contributed by atoms with Crippen LogP contribution in [0.3, 0.4) is 0 Å². The standard InChI is InChI=1S/C21H26Cl2N2O4S/c22-18-3-6-20(23)21(13-18)30(27,28)24-14-16-7-9-25(10-8-16)15-17-1-4-19(5-2-17)29-12-11-26/h1-6,13,16,24,26H,7-12,14-15H2. The molecule has 0 atom stereocenters. The van der Waals surface area contributed by atoms with Gasteiger partial charge in [0.05, 0.1) is 11.6 Å². The smallest absolute Gasteiger partial charge is 0.242 e. The number of nitrogens with one attached hydrogen (secondary N) is 1. The fourth-order valence-electron chi connectivity index (χ4n) is 3.45. The van der Waals surface area contributed by atoms with Gasteiger partial charge in [0.25, 0.3) is 0 Å². The van der Waals surface area contributed by atoms with Crippen molar-refractivity contribution in [2.75, 3.05) is 32.8 Å². The number of hydrogen-bond acceptors (Lipinski definition) is 5. The van der Waals surface area contributed by atoms with Crippen molar-refractivity contribution in [1.29, 1.82) is 0 Å². The topological polar surface area (TPSA) is 78.9 Å². The number of benzene rings is 2. The van der Waals surface area contributed by atoms with Crippen LogP contribution in [0.2, 0.25) is 10.0 Å². The molecule has 0 bridgehead atoms. The molecule has 0 saturated carbocycles. The summed E-state index contributed by atoms with van der Waals surface area (Å²) in [7, 11) is -3.69. The van der Waals surface area contributed by atoms with E-state index in [9.17, 15) is 8.42 Å². The van der Waals surface area contributed by atoms with Crippen molar-refractivity contribution in [3.63, 3.8) is 0 Å². The SMILES string of the molecule is O=S(=O)(NCC1CCN(Cc2ccc(OCCO)cc2)CC1)c1cc(Cl)ccc1Cl. The molecule has 1 aliphatic heterocycles. The van der Waals surface area contributed by atoms with Gasteiger partial charge in [-0.15, -0.1) is 0 Å². The van der Waals surface area contributed by atoms with Gasteiger partial charge in [-0.05, 0) is 67.7 Å². The number of halogens is 2. The lowest BCUT2D eigenvalue weighted by Gasteiger charge is -2.32. The summed E-state index contributed by atoms with van der Waals surface area (Å²) < 4.78 is 33.2. The summed E-state index contributed by atoms with van der Waals surface area (Å²) in [5, 5.41) is 9.30. The molecule has 2 N–H and O–H groups in total. The van der Waals surface area contributed by atoms with Crippen molar-refractivity contribution in [2.45, 2.75) is 24.3 Å². The van der Waals surface area contributed by atoms with E-state index >= 15 is 0 Å². The Hall–Kier alpha value is -1.35. The summed E-state index contributed by atoms with van der Waals surface area (Å²) in [5.41, 5.74) is 1.20. The van der Waals surface area contributed by atoms with Gasteiger partial charge in [0, 0.05) is 18.1 Å². The van der Waals surface area contributed by atoms with Crippen LogP contribution in [0.1, 0.15) is 18.4 Å². The van der Waals surface area contributed by atoms with Gasteiger partial charge in [-0.25, -0.2) is 13.1 Å². The van der Waals surface area contributed by atoms with Crippen LogP contribution in [0.5, 0.6) is 5.75 Å². The fourth-order valence-corrected chi connectivity index (χ4v) is 5.33. The number of rotatable bonds is 9. The monoisotopic (exact) mass is 472 g/mol. The number of nitrogens with zero attached hydrogens (tertiary/aromatic N) is 1. The molecule has 9 heteroatoms. The van der Waals surface area contributed by atoms with Crippen LogP contribution in [-0.2, 0) is 16.6 Å². The summed E-state index contributed by atoms with van der Waals surface area (Å²) in [6.07, 6.45) is 1.84. The summed E-state index contributed by atoms with van der Waals surface area (Å²) in [5.74, 6) is 1.03. The normalized spacial score (nSPS) is 16.0. The van der Waals surface area contributed by atoms with Gasteiger partial charge in [0.2, 0.25) is 10.0 Å². The molecule has 1 aliphatic rings. The second-order valence-corrected chi connectivity index (χ2v) is 9.94. The van der Waals surface area contributed by atoms with Gasteiger partial charge >= 0.3 is 0 Å². The van der Waals surface area contributed by atoms with E-state index in [-0.39, 0.29) is 22.4 Å². The highest BCUT2D eigenvalue weighted by atomic mass is 35.5. The number of sulfonamides is 1. The van der Waals surface area contributed by atoms with Crippen molar-refractivity contribution in [3.8, 4) is 5.75 Å². The summed E-state index contributed by atoms with van der Waals surface area (Å²) >= 11 is 11.9. The summed E-state index contributed by atoms with van der Waals surface area (Å²) in [6, 6.07) is 12.3. The highest BCUT2D eigenvalue weighted by molar-refractivity contribution is 7.89. The third-order valence-corrected chi connectivity index (χ3v) is 7.28. The average Bonchev–Trinajstić information content (AvgIpc) is 2.74. The van der Waals surface area contributed by atoms with E-state index < -0.39 is 10.0 Å². The van der Waals surface area contributed by atoms with Crippen LogP contribution in [0.15, 0.2) is 47.4 Å². The molecule has 0 aromatic heterocycles. The number of aliphatic hydroxyl groups is 1. The number of aliphatic hydroxyl groups excluding tert-OH is 1. The molecule has 0 radical (unpaired) electrons. The van der Waals surface area contributed by atoms with Crippen LogP contribution >= 0.6 is 23.2 Å². The van der Waals surface area contributed by atoms with E-state index in [4.69, 9.17) is 33.0 Å². The van der Waals surface area contributed by atoms with E-state index in [1.807, 2.05) is 24.3 Å². The first-order chi connectivity index (χ1) is 14.4. The number of likely N-dealkylation sites (tertiary alicyclic amines) is 1. The third kappa shape index (κ3) is 6.57. The Morgan fingerprint density at radius 1 is 1.10 bits per heavy atom. The Bertz CT molecular complexity index is 931. The minimum Gasteiger partial charge on any atom is -0.491 e. The molecule has 0 unspecified atom stereocenters. The maximum Gasteiger partial charge on any atom is 0.242 e. The molecule has 0 amide bonds. The first-order valence-corrected chi connectivity index (χ1v) is 12.1. The lowest BCUT2D eigenvalue weighted by atomic mass is 9.97. The molecule has 2 aromatic rings. The first-order valence-electron chi connectivity index (χ1n) is 9.87. The van der Waals surface area contributed by atoms with Crippen molar-refractivity contribution in [2.24, 2.45) is 5.92 Å². The van der Waals surface area contributed by atoms with Gasteiger partial charge in [-0.2, -0.15) is 0 Å². The molecule has 1 heterocycles. The Morgan fingerprint density at radius 2 is 1.80 bits per heavy atom. The summed E-state index contributed by atoms with van der Waals surface area (Å²) in [4.78, 5) is 2.38. The fraction of sp³-hybridized carbons (Fsp3) is 0.429. The van der Waals surface area contributed by atoms with E-state index in [0.29, 0.717) is 18.2 Å². The average molecular weight is 473 g/mol. The number of hydrogen-bond donors (Lipinski definition) is 2. The van der Waals surface area contributed by atoms with Crippen molar-refractivity contribution >= 4 is 33.2 Å². The second-order valence-electron chi connectivity index (χ2n) is 7.36. The van der Waals surface area contributed by atoms with Gasteiger partial charge in [-0.3, -0.25) is 4.90 Å². The van der Waals surface area contributed by atoms with Crippen molar-refractivity contribution in [1.82, 2.24) is 9.62 Å². The predicted octanol–water partition coefficient (Wildman–Crippen LogP) is 3.56. The minimum absolute atomic E-state index is 0.00100. The molecule has 2 aromatic carbocycles. The lowest BCUT2D eigenvalue weighted by molar-refractivity contribution is 0.178. The molecule has 164 valence electrons. The Balaban J connectivity index is 1.46. The first kappa shape index (κ1) is 23.3. The molecule has 6 nitrogen and oxygen atoms in total. The third-order valence-electron chi connectivity index (χ3n) is 5.14. The van der Waals surface area contributed by atoms with Crippen LogP contribution in [0, 0.1) is 5.92 Å².